The van der Waals surface area contributed by atoms with E-state index in [0.717, 1.165) is 67.4 Å². The third-order valence-electron chi connectivity index (χ3n) is 5.65. The van der Waals surface area contributed by atoms with E-state index in [-0.39, 0.29) is 5.91 Å². The van der Waals surface area contributed by atoms with Crippen molar-refractivity contribution in [2.24, 2.45) is 0 Å². The Labute approximate surface area is 164 Å². The van der Waals surface area contributed by atoms with E-state index in [1.54, 1.807) is 18.4 Å². The number of benzene rings is 1. The van der Waals surface area contributed by atoms with Gasteiger partial charge in [-0.05, 0) is 42.7 Å². The van der Waals surface area contributed by atoms with Gasteiger partial charge in [0.15, 0.2) is 0 Å². The highest BCUT2D eigenvalue weighted by molar-refractivity contribution is 7.14. The van der Waals surface area contributed by atoms with Gasteiger partial charge in [0.25, 0.3) is 5.91 Å². The molecule has 5 nitrogen and oxygen atoms in total. The average Bonchev–Trinajstić information content (AvgIpc) is 3.35. The summed E-state index contributed by atoms with van der Waals surface area (Å²) in [4.78, 5) is 19.7. The van der Waals surface area contributed by atoms with Crippen LogP contribution in [0.4, 0.5) is 0 Å². The molecule has 6 heteroatoms. The van der Waals surface area contributed by atoms with Crippen LogP contribution in [0.15, 0.2) is 30.3 Å². The number of rotatable bonds is 4. The molecule has 0 aliphatic carbocycles. The Kier molecular flexibility index (Phi) is 5.48. The summed E-state index contributed by atoms with van der Waals surface area (Å²) in [6, 6.07) is 10.6. The minimum atomic E-state index is 0.181. The van der Waals surface area contributed by atoms with Crippen LogP contribution in [0, 0.1) is 6.92 Å². The van der Waals surface area contributed by atoms with Gasteiger partial charge in [0, 0.05) is 50.2 Å². The highest BCUT2D eigenvalue weighted by Gasteiger charge is 2.32. The summed E-state index contributed by atoms with van der Waals surface area (Å²) in [5.74, 6) is 1.03. The number of likely N-dealkylation sites (tertiary alicyclic amines) is 1. The van der Waals surface area contributed by atoms with Crippen molar-refractivity contribution in [3.05, 3.63) is 40.1 Å². The smallest absolute Gasteiger partial charge is 0.264 e. The number of ether oxygens (including phenoxy) is 1. The highest BCUT2D eigenvalue weighted by Crippen LogP contribution is 2.33. The number of thiophene rings is 1. The van der Waals surface area contributed by atoms with E-state index in [9.17, 15) is 4.79 Å². The largest absolute Gasteiger partial charge is 0.497 e. The molecule has 144 valence electrons. The Morgan fingerprint density at radius 1 is 1.19 bits per heavy atom. The van der Waals surface area contributed by atoms with Crippen molar-refractivity contribution in [1.82, 2.24) is 15.1 Å². The Morgan fingerprint density at radius 2 is 1.93 bits per heavy atom. The molecule has 1 atom stereocenters. The number of carbonyl (C=O) groups excluding carboxylic acids is 1. The number of aryl methyl sites for hydroxylation is 1. The summed E-state index contributed by atoms with van der Waals surface area (Å²) in [6.07, 6.45) is 1.08. The summed E-state index contributed by atoms with van der Waals surface area (Å²) >= 11 is 1.60. The monoisotopic (exact) mass is 385 g/mol. The second-order valence-electron chi connectivity index (χ2n) is 7.29. The molecule has 2 aromatic rings. The van der Waals surface area contributed by atoms with Gasteiger partial charge in [0.1, 0.15) is 5.75 Å². The lowest BCUT2D eigenvalue weighted by Gasteiger charge is -2.32. The van der Waals surface area contributed by atoms with E-state index in [4.69, 9.17) is 4.74 Å². The molecule has 2 fully saturated rings. The first kappa shape index (κ1) is 18.5. The minimum Gasteiger partial charge on any atom is -0.497 e. The first-order valence-electron chi connectivity index (χ1n) is 9.64. The number of methoxy groups -OCH3 is 1. The standard InChI is InChI=1S/C21H27N3O2S/c1-15-19(16-3-5-18(26-2)6-4-16)13-20(27-15)21(25)24-10-7-17(14-24)23-11-8-22-9-12-23/h3-6,13,17,22H,7-12,14H2,1-2H3. The summed E-state index contributed by atoms with van der Waals surface area (Å²) < 4.78 is 5.24. The molecular formula is C21H27N3O2S. The van der Waals surface area contributed by atoms with Crippen LogP contribution in [-0.2, 0) is 0 Å². The van der Waals surface area contributed by atoms with E-state index in [2.05, 4.69) is 35.3 Å². The number of hydrogen-bond donors (Lipinski definition) is 1. The third-order valence-corrected chi connectivity index (χ3v) is 6.69. The number of nitrogens with one attached hydrogen (secondary N) is 1. The quantitative estimate of drug-likeness (QED) is 0.879. The van der Waals surface area contributed by atoms with Crippen LogP contribution < -0.4 is 10.1 Å². The zero-order valence-electron chi connectivity index (χ0n) is 16.0. The maximum atomic E-state index is 13.1. The van der Waals surface area contributed by atoms with Crippen LogP contribution in [0.5, 0.6) is 5.75 Å². The Bertz CT molecular complexity index is 796. The fourth-order valence-electron chi connectivity index (χ4n) is 4.07. The summed E-state index contributed by atoms with van der Waals surface area (Å²) in [6.45, 7) is 8.10. The van der Waals surface area contributed by atoms with Gasteiger partial charge in [-0.1, -0.05) is 12.1 Å². The summed E-state index contributed by atoms with van der Waals surface area (Å²) in [7, 11) is 1.67. The second kappa shape index (κ2) is 8.00. The maximum Gasteiger partial charge on any atom is 0.264 e. The summed E-state index contributed by atoms with van der Waals surface area (Å²) in [5.41, 5.74) is 2.27. The van der Waals surface area contributed by atoms with Gasteiger partial charge >= 0.3 is 0 Å². The SMILES string of the molecule is COc1ccc(-c2cc(C(=O)N3CCC(N4CCNCC4)C3)sc2C)cc1. The molecule has 0 bridgehead atoms. The van der Waals surface area contributed by atoms with Crippen LogP contribution in [0.1, 0.15) is 21.0 Å². The lowest BCUT2D eigenvalue weighted by atomic mass is 10.1. The molecule has 4 rings (SSSR count). The molecule has 2 saturated heterocycles. The number of piperazine rings is 1. The predicted molar refractivity (Wildman–Crippen MR) is 110 cm³/mol. The first-order valence-corrected chi connectivity index (χ1v) is 10.5. The fraction of sp³-hybridized carbons (Fsp3) is 0.476. The highest BCUT2D eigenvalue weighted by atomic mass is 32.1. The first-order chi connectivity index (χ1) is 13.2. The number of amides is 1. The van der Waals surface area contributed by atoms with Crippen molar-refractivity contribution in [1.29, 1.82) is 0 Å². The van der Waals surface area contributed by atoms with Crippen molar-refractivity contribution in [3.63, 3.8) is 0 Å². The Hall–Kier alpha value is -1.89. The van der Waals surface area contributed by atoms with Crippen LogP contribution in [0.2, 0.25) is 0 Å². The van der Waals surface area contributed by atoms with Crippen LogP contribution in [-0.4, -0.2) is 68.1 Å². The molecule has 27 heavy (non-hydrogen) atoms. The van der Waals surface area contributed by atoms with Crippen molar-refractivity contribution in [2.75, 3.05) is 46.4 Å². The molecule has 2 aliphatic heterocycles. The fourth-order valence-corrected chi connectivity index (χ4v) is 5.08. The van der Waals surface area contributed by atoms with E-state index >= 15 is 0 Å². The van der Waals surface area contributed by atoms with Gasteiger partial charge in [-0.15, -0.1) is 11.3 Å². The lowest BCUT2D eigenvalue weighted by Crippen LogP contribution is -2.49. The average molecular weight is 386 g/mol. The molecule has 1 aromatic heterocycles. The van der Waals surface area contributed by atoms with Crippen molar-refractivity contribution in [2.45, 2.75) is 19.4 Å². The van der Waals surface area contributed by atoms with Crippen molar-refractivity contribution >= 4 is 17.2 Å². The zero-order chi connectivity index (χ0) is 18.8. The second-order valence-corrected chi connectivity index (χ2v) is 8.54. The topological polar surface area (TPSA) is 44.8 Å². The van der Waals surface area contributed by atoms with Crippen LogP contribution in [0.3, 0.4) is 0 Å². The van der Waals surface area contributed by atoms with Gasteiger partial charge in [-0.2, -0.15) is 0 Å². The van der Waals surface area contributed by atoms with Crippen LogP contribution >= 0.6 is 11.3 Å². The van der Waals surface area contributed by atoms with Gasteiger partial charge in [0.05, 0.1) is 12.0 Å². The molecule has 1 unspecified atom stereocenters. The van der Waals surface area contributed by atoms with Gasteiger partial charge in [0.2, 0.25) is 0 Å². The molecule has 2 aliphatic rings. The number of carbonyl (C=O) groups is 1. The van der Waals surface area contributed by atoms with Gasteiger partial charge in [-0.3, -0.25) is 9.69 Å². The van der Waals surface area contributed by atoms with E-state index in [0.29, 0.717) is 6.04 Å². The lowest BCUT2D eigenvalue weighted by molar-refractivity contribution is 0.0778. The summed E-state index contributed by atoms with van der Waals surface area (Å²) in [5, 5.41) is 3.40. The third kappa shape index (κ3) is 3.88. The molecule has 0 radical (unpaired) electrons. The van der Waals surface area contributed by atoms with Gasteiger partial charge < -0.3 is 15.0 Å². The predicted octanol–water partition coefficient (Wildman–Crippen LogP) is 2.85. The molecule has 0 saturated carbocycles. The molecule has 1 amide bonds. The minimum absolute atomic E-state index is 0.181. The molecular weight excluding hydrogens is 358 g/mol. The Balaban J connectivity index is 1.46. The van der Waals surface area contributed by atoms with E-state index in [1.807, 2.05) is 17.0 Å². The Morgan fingerprint density at radius 3 is 2.63 bits per heavy atom. The molecule has 0 spiro atoms. The van der Waals surface area contributed by atoms with E-state index < -0.39 is 0 Å². The van der Waals surface area contributed by atoms with E-state index in [1.165, 1.54) is 4.88 Å². The maximum absolute atomic E-state index is 13.1. The van der Waals surface area contributed by atoms with Crippen molar-refractivity contribution < 1.29 is 9.53 Å². The molecule has 1 N–H and O–H groups in total. The number of hydrogen-bond acceptors (Lipinski definition) is 5. The van der Waals surface area contributed by atoms with Crippen molar-refractivity contribution in [3.8, 4) is 16.9 Å². The van der Waals surface area contributed by atoms with Crippen LogP contribution in [0.25, 0.3) is 11.1 Å². The normalized spacial score (nSPS) is 20.8. The van der Waals surface area contributed by atoms with Gasteiger partial charge in [-0.25, -0.2) is 0 Å². The molecule has 3 heterocycles. The number of nitrogens with zero attached hydrogens (tertiary/aromatic N) is 2. The zero-order valence-corrected chi connectivity index (χ0v) is 16.8. The molecule has 1 aromatic carbocycles.